The fourth-order valence-corrected chi connectivity index (χ4v) is 6.74. The second-order valence-electron chi connectivity index (χ2n) is 5.77. The van der Waals surface area contributed by atoms with Crippen molar-refractivity contribution in [1.29, 1.82) is 0 Å². The Morgan fingerprint density at radius 1 is 0.870 bits per heavy atom. The van der Waals surface area contributed by atoms with Gasteiger partial charge in [-0.25, -0.2) is 0 Å². The van der Waals surface area contributed by atoms with Crippen molar-refractivity contribution >= 4 is 37.1 Å². The van der Waals surface area contributed by atoms with E-state index in [2.05, 4.69) is 51.3 Å². The molecule has 0 bridgehead atoms. The summed E-state index contributed by atoms with van der Waals surface area (Å²) in [4.78, 5) is 45.3. The molecule has 23 heavy (non-hydrogen) atoms. The molecule has 11 heteroatoms. The monoisotopic (exact) mass is 462 g/mol. The van der Waals surface area contributed by atoms with Crippen molar-refractivity contribution in [2.45, 2.75) is 63.4 Å². The van der Waals surface area contributed by atoms with E-state index in [1.165, 1.54) is 25.7 Å². The van der Waals surface area contributed by atoms with E-state index < -0.39 is 13.4 Å². The molecule has 0 aliphatic heterocycles. The van der Waals surface area contributed by atoms with Crippen molar-refractivity contribution in [2.75, 3.05) is 0 Å². The Morgan fingerprint density at radius 3 is 1.52 bits per heavy atom. The number of hydrogen-bond acceptors (Lipinski definition) is 2. The summed E-state index contributed by atoms with van der Waals surface area (Å²) in [6.45, 7) is 1.82. The Labute approximate surface area is 158 Å². The molecule has 0 fully saturated rings. The minimum atomic E-state index is -3.81. The van der Waals surface area contributed by atoms with Gasteiger partial charge in [-0.2, -0.15) is 0 Å². The summed E-state index contributed by atoms with van der Waals surface area (Å²) in [6, 6.07) is 0. The maximum Gasteiger partial charge on any atom is 0.319 e. The molecule has 0 amide bonds. The van der Waals surface area contributed by atoms with Crippen LogP contribution in [0.3, 0.4) is 0 Å². The molecule has 0 aromatic heterocycles. The molecule has 0 radical (unpaired) electrons. The quantitative estimate of drug-likeness (QED) is 0.240. The summed E-state index contributed by atoms with van der Waals surface area (Å²) < 4.78 is 0. The molecule has 0 saturated heterocycles. The van der Waals surface area contributed by atoms with E-state index in [4.69, 9.17) is 29.4 Å². The van der Waals surface area contributed by atoms with Gasteiger partial charge in [0.05, 0.1) is 0 Å². The molecular weight excluding hydrogens is 432 g/mol. The van der Waals surface area contributed by atoms with Gasteiger partial charge in [0.15, 0.2) is 0 Å². The Bertz CT molecular complexity index is 312. The topological polar surface area (TPSA) is 121 Å². The minimum Gasteiger partial charge on any atom is -0.325 e. The number of hydrogen-bond donors (Lipinski definition) is 6. The van der Waals surface area contributed by atoms with Crippen molar-refractivity contribution < 1.29 is 46.5 Å². The third-order valence-electron chi connectivity index (χ3n) is 2.94. The van der Waals surface area contributed by atoms with Gasteiger partial charge in [-0.1, -0.05) is 0 Å². The van der Waals surface area contributed by atoms with Crippen LogP contribution in [0.4, 0.5) is 0 Å². The van der Waals surface area contributed by atoms with Gasteiger partial charge in [0, 0.05) is 0 Å². The van der Waals surface area contributed by atoms with E-state index in [1.807, 2.05) is 0 Å². The average molecular weight is 464 g/mol. The van der Waals surface area contributed by atoms with Crippen LogP contribution in [0.25, 0.3) is 0 Å². The number of rotatable bonds is 8. The Hall–Kier alpha value is 1.68. The Balaban J connectivity index is -0.000000329. The van der Waals surface area contributed by atoms with Crippen LogP contribution in [0.1, 0.15) is 53.4 Å². The van der Waals surface area contributed by atoms with E-state index >= 15 is 0 Å². The van der Waals surface area contributed by atoms with Crippen LogP contribution in [0.2, 0.25) is 10.0 Å². The molecule has 0 heterocycles. The second-order valence-corrected chi connectivity index (χ2v) is 14.7. The van der Waals surface area contributed by atoms with Crippen LogP contribution in [0.15, 0.2) is 0 Å². The maximum absolute atomic E-state index is 7.56. The molecule has 1 unspecified atom stereocenters. The van der Waals surface area contributed by atoms with Crippen LogP contribution in [-0.4, -0.2) is 29.4 Å². The fraction of sp³-hybridized carbons (Fsp3) is 1.00. The van der Waals surface area contributed by atoms with Gasteiger partial charge in [-0.05, 0) is 23.6 Å². The molecule has 0 aliphatic carbocycles. The normalized spacial score (nSPS) is 12.5. The molecule has 0 spiro atoms. The first-order valence-electron chi connectivity index (χ1n) is 7.77. The van der Waals surface area contributed by atoms with E-state index in [0.717, 1.165) is 11.8 Å². The van der Waals surface area contributed by atoms with Crippen molar-refractivity contribution in [2.24, 2.45) is 11.8 Å². The standard InChI is InChI=1S/C8H17.C4H9.2H3O3PS.Zn/c1-4-6-7-8(3)5-2;1-4(2)3;2*1-4(2,3)5;/h8H,3-7H2,1-2H3;4H,1H2,2-3H3;2*(H3,1,2,3,5);. The third kappa shape index (κ3) is 59.5. The zero-order valence-electron chi connectivity index (χ0n) is 14.5. The van der Waals surface area contributed by atoms with Gasteiger partial charge in [0.2, 0.25) is 0 Å². The predicted molar refractivity (Wildman–Crippen MR) is 99.6 cm³/mol. The summed E-state index contributed by atoms with van der Waals surface area (Å²) in [5, 5.41) is 3.26. The average Bonchev–Trinajstić information content (AvgIpc) is 2.28. The largest absolute Gasteiger partial charge is 0.325 e. The first-order valence-corrected chi connectivity index (χ1v) is 17.3. The van der Waals surface area contributed by atoms with Crippen molar-refractivity contribution in [3.8, 4) is 0 Å². The Morgan fingerprint density at radius 2 is 1.26 bits per heavy atom. The van der Waals surface area contributed by atoms with Gasteiger partial charge >= 0.3 is 106 Å². The summed E-state index contributed by atoms with van der Waals surface area (Å²) in [7, 11) is 0. The molecule has 0 aromatic rings. The molecule has 0 aromatic carbocycles. The van der Waals surface area contributed by atoms with E-state index in [1.54, 1.807) is 10.0 Å². The minimum absolute atomic E-state index is 0.131. The molecule has 0 aliphatic rings. The number of unbranched alkanes of at least 4 members (excludes halogenated alkanes) is 1. The maximum atomic E-state index is 7.56. The Kier molecular flexibility index (Phi) is 21.9. The SMILES string of the molecule is CCCCC(CC)[CH2][Zn][CH2]C(C)C.OP(O)(O)=S.OP(O)(O)=S. The first-order chi connectivity index (χ1) is 10.2. The van der Waals surface area contributed by atoms with Gasteiger partial charge in [-0.3, -0.25) is 0 Å². The molecule has 0 rings (SSSR count). The second kappa shape index (κ2) is 17.1. The van der Waals surface area contributed by atoms with Gasteiger partial charge in [0.25, 0.3) is 0 Å². The van der Waals surface area contributed by atoms with Crippen LogP contribution >= 0.6 is 13.4 Å². The van der Waals surface area contributed by atoms with Crippen LogP contribution in [0.5, 0.6) is 0 Å². The van der Waals surface area contributed by atoms with Crippen LogP contribution < -0.4 is 0 Å². The summed E-state index contributed by atoms with van der Waals surface area (Å²) in [5.74, 6) is 2.07. The molecule has 140 valence electrons. The van der Waals surface area contributed by atoms with Crippen LogP contribution in [-0.2, 0) is 40.7 Å². The van der Waals surface area contributed by atoms with Crippen molar-refractivity contribution in [3.05, 3.63) is 0 Å². The van der Waals surface area contributed by atoms with E-state index in [0.29, 0.717) is 0 Å². The van der Waals surface area contributed by atoms with Crippen LogP contribution in [0, 0.1) is 11.8 Å². The van der Waals surface area contributed by atoms with Crippen molar-refractivity contribution in [1.82, 2.24) is 0 Å². The smallest absolute Gasteiger partial charge is 0.319 e. The fourth-order valence-electron chi connectivity index (χ4n) is 1.86. The summed E-state index contributed by atoms with van der Waals surface area (Å²) in [6.07, 6.45) is 5.79. The molecule has 0 saturated carbocycles. The van der Waals surface area contributed by atoms with Crippen molar-refractivity contribution in [3.63, 3.8) is 0 Å². The summed E-state index contributed by atoms with van der Waals surface area (Å²) in [5.41, 5.74) is 0. The van der Waals surface area contributed by atoms with Gasteiger partial charge in [-0.15, -0.1) is 0 Å². The summed E-state index contributed by atoms with van der Waals surface area (Å²) >= 11 is 7.08. The molecular formula is C12H32O6P2S2Zn. The van der Waals surface area contributed by atoms with Gasteiger partial charge < -0.3 is 29.4 Å². The first kappa shape index (κ1) is 29.4. The molecule has 1 atom stereocenters. The predicted octanol–water partition coefficient (Wildman–Crippen LogP) is 3.15. The van der Waals surface area contributed by atoms with E-state index in [9.17, 15) is 0 Å². The molecule has 6 nitrogen and oxygen atoms in total. The van der Waals surface area contributed by atoms with E-state index in [-0.39, 0.29) is 17.1 Å². The zero-order chi connectivity index (χ0) is 19.1. The third-order valence-corrected chi connectivity index (χ3v) is 8.79. The molecule has 6 N–H and O–H groups in total. The van der Waals surface area contributed by atoms with Gasteiger partial charge in [0.1, 0.15) is 0 Å². The zero-order valence-corrected chi connectivity index (χ0v) is 20.9.